The lowest BCUT2D eigenvalue weighted by molar-refractivity contribution is 0.693. The number of benzene rings is 1. The Morgan fingerprint density at radius 3 is 2.47 bits per heavy atom. The van der Waals surface area contributed by atoms with Gasteiger partial charge in [0.25, 0.3) is 0 Å². The van der Waals surface area contributed by atoms with Crippen LogP contribution in [-0.2, 0) is 0 Å². The van der Waals surface area contributed by atoms with E-state index in [1.165, 1.54) is 11.1 Å². The topological polar surface area (TPSA) is 55.0 Å². The Labute approximate surface area is 192 Å². The highest BCUT2D eigenvalue weighted by molar-refractivity contribution is 5.72. The maximum Gasteiger partial charge on any atom is 0.158 e. The van der Waals surface area contributed by atoms with Crippen LogP contribution in [0.5, 0.6) is 0 Å². The molecule has 4 nitrogen and oxygen atoms in total. The number of anilines is 1. The van der Waals surface area contributed by atoms with Crippen LogP contribution in [0.4, 0.5) is 5.69 Å². The normalized spacial score (nSPS) is 17.7. The molecule has 0 spiro atoms. The Hall–Kier alpha value is -3.40. The summed E-state index contributed by atoms with van der Waals surface area (Å²) in [6.07, 6.45) is 15.4. The van der Waals surface area contributed by atoms with Gasteiger partial charge < -0.3 is 10.6 Å². The van der Waals surface area contributed by atoms with Crippen molar-refractivity contribution in [3.63, 3.8) is 0 Å². The molecule has 0 saturated carbocycles. The Morgan fingerprint density at radius 1 is 1.16 bits per heavy atom. The number of aryl methyl sites for hydroxylation is 1. The molecule has 2 N–H and O–H groups in total. The number of rotatable bonds is 7. The van der Waals surface area contributed by atoms with Gasteiger partial charge >= 0.3 is 0 Å². The van der Waals surface area contributed by atoms with Gasteiger partial charge in [-0.15, -0.1) is 0 Å². The van der Waals surface area contributed by atoms with Crippen LogP contribution in [0.2, 0.25) is 0 Å². The van der Waals surface area contributed by atoms with Crippen molar-refractivity contribution in [1.29, 1.82) is 0 Å². The highest BCUT2D eigenvalue weighted by Crippen LogP contribution is 2.31. The molecule has 1 aliphatic rings. The zero-order valence-corrected chi connectivity index (χ0v) is 19.8. The summed E-state index contributed by atoms with van der Waals surface area (Å²) in [5.41, 5.74) is 14.2. The van der Waals surface area contributed by atoms with Gasteiger partial charge in [0.05, 0.1) is 5.70 Å². The minimum atomic E-state index is 0.417. The molecule has 2 aromatic rings. The molecule has 32 heavy (non-hydrogen) atoms. The van der Waals surface area contributed by atoms with Gasteiger partial charge in [-0.25, -0.2) is 9.97 Å². The number of nitrogens with two attached hydrogens (primary N) is 1. The Bertz CT molecular complexity index is 1070. The fourth-order valence-electron chi connectivity index (χ4n) is 3.98. The first-order valence-electron chi connectivity index (χ1n) is 11.2. The van der Waals surface area contributed by atoms with E-state index in [4.69, 9.17) is 5.73 Å². The molecule has 1 aromatic carbocycles. The minimum Gasteiger partial charge on any atom is -0.401 e. The van der Waals surface area contributed by atoms with E-state index in [9.17, 15) is 0 Å². The molecule has 1 aromatic heterocycles. The van der Waals surface area contributed by atoms with Crippen molar-refractivity contribution in [2.24, 2.45) is 11.7 Å². The predicted octanol–water partition coefficient (Wildman–Crippen LogP) is 6.35. The summed E-state index contributed by atoms with van der Waals surface area (Å²) in [5.74, 6) is 1.19. The molecule has 0 saturated heterocycles. The Morgan fingerprint density at radius 2 is 1.84 bits per heavy atom. The van der Waals surface area contributed by atoms with Gasteiger partial charge in [0.15, 0.2) is 5.82 Å². The van der Waals surface area contributed by atoms with Gasteiger partial charge in [0, 0.05) is 35.9 Å². The van der Waals surface area contributed by atoms with Crippen LogP contribution in [0.1, 0.15) is 45.5 Å². The molecule has 0 amide bonds. The number of aromatic nitrogens is 2. The summed E-state index contributed by atoms with van der Waals surface area (Å²) in [5, 5.41) is 0. The van der Waals surface area contributed by atoms with E-state index in [2.05, 4.69) is 84.2 Å². The third kappa shape index (κ3) is 6.07. The SMILES string of the molecule is C\C=C/C(C)=C\C(=C(/C)N)N(CC1=CC(c2ncccn2)=CC(C)C1)c1ccc(C)cc1. The third-order valence-corrected chi connectivity index (χ3v) is 5.43. The maximum atomic E-state index is 6.42. The third-order valence-electron chi connectivity index (χ3n) is 5.43. The first-order valence-corrected chi connectivity index (χ1v) is 11.2. The highest BCUT2D eigenvalue weighted by Gasteiger charge is 2.19. The second kappa shape index (κ2) is 10.8. The first kappa shape index (κ1) is 23.3. The minimum absolute atomic E-state index is 0.417. The summed E-state index contributed by atoms with van der Waals surface area (Å²) in [6, 6.07) is 10.5. The van der Waals surface area contributed by atoms with Gasteiger partial charge in [-0.1, -0.05) is 48.9 Å². The standard InChI is InChI=1S/C28H34N4/c1-6-8-21(3)17-27(23(5)29)32(26-11-9-20(2)10-12-26)19-24-15-22(4)16-25(18-24)28-30-13-7-14-31-28/h6-14,16-18,22H,15,19,29H2,1-5H3/b8-6-,21-17-,27-23-. The lowest BCUT2D eigenvalue weighted by Crippen LogP contribution is -2.28. The average molecular weight is 427 g/mol. The van der Waals surface area contributed by atoms with E-state index in [0.29, 0.717) is 5.92 Å². The molecule has 0 fully saturated rings. The number of hydrogen-bond acceptors (Lipinski definition) is 4. The average Bonchev–Trinajstić information content (AvgIpc) is 2.77. The molecule has 1 aliphatic carbocycles. The van der Waals surface area contributed by atoms with E-state index in [-0.39, 0.29) is 0 Å². The first-order chi connectivity index (χ1) is 15.4. The zero-order chi connectivity index (χ0) is 23.1. The second-order valence-electron chi connectivity index (χ2n) is 8.56. The van der Waals surface area contributed by atoms with E-state index in [1.807, 2.05) is 26.0 Å². The smallest absolute Gasteiger partial charge is 0.158 e. The molecular formula is C28H34N4. The fourth-order valence-corrected chi connectivity index (χ4v) is 3.98. The van der Waals surface area contributed by atoms with Crippen molar-refractivity contribution in [3.05, 3.63) is 107 Å². The van der Waals surface area contributed by atoms with Crippen LogP contribution >= 0.6 is 0 Å². The van der Waals surface area contributed by atoms with Crippen molar-refractivity contribution >= 4 is 11.3 Å². The van der Waals surface area contributed by atoms with E-state index in [0.717, 1.165) is 47.0 Å². The quantitative estimate of drug-likeness (QED) is 0.524. The predicted molar refractivity (Wildman–Crippen MR) is 136 cm³/mol. The molecule has 3 rings (SSSR count). The molecule has 0 aliphatic heterocycles. The molecule has 0 bridgehead atoms. The maximum absolute atomic E-state index is 6.42. The van der Waals surface area contributed by atoms with E-state index in [1.54, 1.807) is 12.4 Å². The molecule has 4 heteroatoms. The van der Waals surface area contributed by atoms with Crippen LogP contribution in [0.3, 0.4) is 0 Å². The summed E-state index contributed by atoms with van der Waals surface area (Å²) in [6.45, 7) is 11.2. The number of allylic oxidation sites excluding steroid dienone is 8. The van der Waals surface area contributed by atoms with Crippen molar-refractivity contribution in [2.75, 3.05) is 11.4 Å². The zero-order valence-electron chi connectivity index (χ0n) is 19.8. The van der Waals surface area contributed by atoms with Crippen LogP contribution in [0, 0.1) is 12.8 Å². The summed E-state index contributed by atoms with van der Waals surface area (Å²) >= 11 is 0. The lowest BCUT2D eigenvalue weighted by Gasteiger charge is -2.30. The summed E-state index contributed by atoms with van der Waals surface area (Å²) in [7, 11) is 0. The van der Waals surface area contributed by atoms with Crippen molar-refractivity contribution in [1.82, 2.24) is 9.97 Å². The molecular weight excluding hydrogens is 392 g/mol. The van der Waals surface area contributed by atoms with Crippen LogP contribution < -0.4 is 10.6 Å². The van der Waals surface area contributed by atoms with Crippen LogP contribution in [0.15, 0.2) is 95.6 Å². The largest absolute Gasteiger partial charge is 0.401 e. The molecule has 0 radical (unpaired) electrons. The van der Waals surface area contributed by atoms with E-state index >= 15 is 0 Å². The molecule has 1 heterocycles. The molecule has 166 valence electrons. The number of hydrogen-bond donors (Lipinski definition) is 1. The number of nitrogens with zero attached hydrogens (tertiary/aromatic N) is 3. The van der Waals surface area contributed by atoms with Crippen molar-refractivity contribution < 1.29 is 0 Å². The van der Waals surface area contributed by atoms with Gasteiger partial charge in [-0.05, 0) is 75.5 Å². The van der Waals surface area contributed by atoms with Gasteiger partial charge in [0.2, 0.25) is 0 Å². The fraction of sp³-hybridized carbons (Fsp3) is 0.286. The monoisotopic (exact) mass is 426 g/mol. The second-order valence-corrected chi connectivity index (χ2v) is 8.56. The van der Waals surface area contributed by atoms with Gasteiger partial charge in [0.1, 0.15) is 0 Å². The highest BCUT2D eigenvalue weighted by atomic mass is 15.1. The van der Waals surface area contributed by atoms with Crippen LogP contribution in [-0.4, -0.2) is 16.5 Å². The van der Waals surface area contributed by atoms with Gasteiger partial charge in [-0.2, -0.15) is 0 Å². The van der Waals surface area contributed by atoms with Crippen LogP contribution in [0.25, 0.3) is 5.57 Å². The Balaban J connectivity index is 2.03. The van der Waals surface area contributed by atoms with Crippen molar-refractivity contribution in [3.8, 4) is 0 Å². The summed E-state index contributed by atoms with van der Waals surface area (Å²) in [4.78, 5) is 11.2. The lowest BCUT2D eigenvalue weighted by atomic mass is 9.90. The Kier molecular flexibility index (Phi) is 7.82. The summed E-state index contributed by atoms with van der Waals surface area (Å²) < 4.78 is 0. The molecule has 1 unspecified atom stereocenters. The van der Waals surface area contributed by atoms with Gasteiger partial charge in [-0.3, -0.25) is 0 Å². The van der Waals surface area contributed by atoms with Crippen molar-refractivity contribution in [2.45, 2.75) is 41.0 Å². The molecule has 1 atom stereocenters. The van der Waals surface area contributed by atoms with E-state index < -0.39 is 0 Å².